The van der Waals surface area contributed by atoms with E-state index in [1.54, 1.807) is 0 Å². The van der Waals surface area contributed by atoms with Crippen LogP contribution >= 0.6 is 11.9 Å². The monoisotopic (exact) mass is 200 g/mol. The summed E-state index contributed by atoms with van der Waals surface area (Å²) in [6.07, 6.45) is 0. The first-order chi connectivity index (χ1) is 5.92. The van der Waals surface area contributed by atoms with Gasteiger partial charge in [-0.3, -0.25) is 4.29 Å². The molecule has 0 aromatic heterocycles. The quantitative estimate of drug-likeness (QED) is 0.658. The fraction of sp³-hybridized carbons (Fsp3) is 0.636. The number of hydrogen-bond donors (Lipinski definition) is 0. The third-order valence-corrected chi connectivity index (χ3v) is 3.58. The third-order valence-electron chi connectivity index (χ3n) is 3.47. The molecule has 0 N–H and O–H groups in total. The van der Waals surface area contributed by atoms with E-state index in [0.717, 1.165) is 0 Å². The van der Waals surface area contributed by atoms with Crippen LogP contribution in [0.25, 0.3) is 0 Å². The van der Waals surface area contributed by atoms with Gasteiger partial charge in [-0.15, -0.1) is 0 Å². The van der Waals surface area contributed by atoms with Crippen molar-refractivity contribution >= 4 is 11.9 Å². The molecule has 0 aliphatic heterocycles. The molecule has 1 aliphatic rings. The van der Waals surface area contributed by atoms with Gasteiger partial charge in [0.2, 0.25) is 0 Å². The van der Waals surface area contributed by atoms with Gasteiger partial charge in [-0.2, -0.15) is 0 Å². The fourth-order valence-electron chi connectivity index (χ4n) is 2.01. The first-order valence-corrected chi connectivity index (χ1v) is 4.86. The second-order valence-electron chi connectivity index (χ2n) is 4.23. The summed E-state index contributed by atoms with van der Waals surface area (Å²) < 4.78 is 4.72. The van der Waals surface area contributed by atoms with Crippen molar-refractivity contribution < 1.29 is 4.29 Å². The van der Waals surface area contributed by atoms with Crippen LogP contribution < -0.4 is 0 Å². The van der Waals surface area contributed by atoms with Gasteiger partial charge in [0.1, 0.15) is 0 Å². The van der Waals surface area contributed by atoms with Crippen LogP contribution in [0.1, 0.15) is 34.6 Å². The zero-order chi connectivity index (χ0) is 10.2. The highest BCUT2D eigenvalue weighted by Crippen LogP contribution is 2.46. The van der Waals surface area contributed by atoms with E-state index < -0.39 is 0 Å². The molecule has 74 valence electrons. The fourth-order valence-corrected chi connectivity index (χ4v) is 2.12. The molecule has 0 radical (unpaired) electrons. The van der Waals surface area contributed by atoms with Crippen molar-refractivity contribution in [1.82, 2.24) is 0 Å². The minimum Gasteiger partial charge on any atom is -0.275 e. The van der Waals surface area contributed by atoms with Crippen LogP contribution in [0.3, 0.4) is 0 Å². The van der Waals surface area contributed by atoms with Gasteiger partial charge in [-0.1, -0.05) is 19.4 Å². The van der Waals surface area contributed by atoms with Gasteiger partial charge < -0.3 is 0 Å². The van der Waals surface area contributed by atoms with Crippen molar-refractivity contribution in [3.8, 4) is 0 Å². The van der Waals surface area contributed by atoms with Crippen LogP contribution in [0.5, 0.6) is 0 Å². The van der Waals surface area contributed by atoms with Crippen molar-refractivity contribution in [2.75, 3.05) is 6.61 Å². The first-order valence-electron chi connectivity index (χ1n) is 4.55. The van der Waals surface area contributed by atoms with Crippen molar-refractivity contribution in [3.05, 3.63) is 22.3 Å². The molecule has 2 heteroatoms. The SMILES string of the molecule is CC1=C(C)C(C)(C)C(COCl)=C1C. The number of allylic oxidation sites excluding steroid dienone is 3. The molecule has 0 unspecified atom stereocenters. The van der Waals surface area contributed by atoms with Crippen molar-refractivity contribution in [2.24, 2.45) is 5.41 Å². The van der Waals surface area contributed by atoms with Gasteiger partial charge in [0.15, 0.2) is 0 Å². The van der Waals surface area contributed by atoms with Crippen LogP contribution in [-0.4, -0.2) is 6.61 Å². The Morgan fingerprint density at radius 1 is 1.15 bits per heavy atom. The van der Waals surface area contributed by atoms with E-state index in [-0.39, 0.29) is 5.41 Å². The number of hydrogen-bond acceptors (Lipinski definition) is 1. The number of rotatable bonds is 2. The van der Waals surface area contributed by atoms with Crippen molar-refractivity contribution in [2.45, 2.75) is 34.6 Å². The molecule has 1 rings (SSSR count). The van der Waals surface area contributed by atoms with Gasteiger partial charge in [0.05, 0.1) is 18.5 Å². The summed E-state index contributed by atoms with van der Waals surface area (Å²) in [6, 6.07) is 0. The first kappa shape index (κ1) is 10.8. The second-order valence-corrected chi connectivity index (χ2v) is 4.45. The molecule has 0 bridgehead atoms. The van der Waals surface area contributed by atoms with Crippen LogP contribution in [0.15, 0.2) is 22.3 Å². The third kappa shape index (κ3) is 1.55. The lowest BCUT2D eigenvalue weighted by molar-refractivity contribution is 0.352. The summed E-state index contributed by atoms with van der Waals surface area (Å²) in [4.78, 5) is 0. The second kappa shape index (κ2) is 3.47. The van der Waals surface area contributed by atoms with E-state index in [4.69, 9.17) is 16.2 Å². The predicted molar refractivity (Wildman–Crippen MR) is 56.7 cm³/mol. The summed E-state index contributed by atoms with van der Waals surface area (Å²) in [7, 11) is 0. The summed E-state index contributed by atoms with van der Waals surface area (Å²) in [6.45, 7) is 11.4. The highest BCUT2D eigenvalue weighted by atomic mass is 35.5. The number of halogens is 1. The van der Waals surface area contributed by atoms with E-state index in [9.17, 15) is 0 Å². The zero-order valence-electron chi connectivity index (χ0n) is 8.99. The molecular formula is C11H17ClO. The van der Waals surface area contributed by atoms with Crippen molar-refractivity contribution in [3.63, 3.8) is 0 Å². The average molecular weight is 201 g/mol. The maximum Gasteiger partial charge on any atom is 0.0907 e. The smallest absolute Gasteiger partial charge is 0.0907 e. The molecule has 0 aromatic carbocycles. The maximum absolute atomic E-state index is 5.32. The van der Waals surface area contributed by atoms with E-state index in [2.05, 4.69) is 34.6 Å². The minimum atomic E-state index is 0.114. The molecule has 1 aliphatic carbocycles. The standard InChI is InChI=1S/C11H17ClO/c1-7-8(2)10(6-13-12)11(4,5)9(7)3/h6H2,1-5H3. The molecule has 0 spiro atoms. The molecule has 0 heterocycles. The molecule has 0 atom stereocenters. The molecule has 1 nitrogen and oxygen atoms in total. The van der Waals surface area contributed by atoms with Gasteiger partial charge in [-0.25, -0.2) is 0 Å². The summed E-state index contributed by atoms with van der Waals surface area (Å²) in [5.74, 6) is 0. The van der Waals surface area contributed by atoms with Crippen LogP contribution in [-0.2, 0) is 4.29 Å². The van der Waals surface area contributed by atoms with Gasteiger partial charge in [0.25, 0.3) is 0 Å². The largest absolute Gasteiger partial charge is 0.275 e. The van der Waals surface area contributed by atoms with Gasteiger partial charge >= 0.3 is 0 Å². The predicted octanol–water partition coefficient (Wildman–Crippen LogP) is 3.85. The molecule has 0 aromatic rings. The van der Waals surface area contributed by atoms with E-state index in [0.29, 0.717) is 6.61 Å². The van der Waals surface area contributed by atoms with Gasteiger partial charge in [-0.05, 0) is 37.5 Å². The lowest BCUT2D eigenvalue weighted by Crippen LogP contribution is -2.16. The molecule has 13 heavy (non-hydrogen) atoms. The maximum atomic E-state index is 5.32. The Bertz CT molecular complexity index is 284. The Balaban J connectivity index is 3.12. The van der Waals surface area contributed by atoms with E-state index in [1.807, 2.05) is 0 Å². The summed E-state index contributed by atoms with van der Waals surface area (Å²) in [5, 5.41) is 0. The normalized spacial score (nSPS) is 21.7. The van der Waals surface area contributed by atoms with Crippen molar-refractivity contribution in [1.29, 1.82) is 0 Å². The minimum absolute atomic E-state index is 0.114. The Hall–Kier alpha value is -0.270. The molecule has 0 saturated carbocycles. The molecular weight excluding hydrogens is 184 g/mol. The Morgan fingerprint density at radius 3 is 2.00 bits per heavy atom. The van der Waals surface area contributed by atoms with E-state index in [1.165, 1.54) is 22.3 Å². The van der Waals surface area contributed by atoms with Crippen LogP contribution in [0.4, 0.5) is 0 Å². The van der Waals surface area contributed by atoms with Crippen LogP contribution in [0, 0.1) is 5.41 Å². The summed E-state index contributed by atoms with van der Waals surface area (Å²) >= 11 is 5.32. The molecule has 0 saturated heterocycles. The highest BCUT2D eigenvalue weighted by molar-refractivity contribution is 6.07. The highest BCUT2D eigenvalue weighted by Gasteiger charge is 2.34. The molecule has 0 amide bonds. The average Bonchev–Trinajstić information content (AvgIpc) is 2.20. The topological polar surface area (TPSA) is 9.23 Å². The van der Waals surface area contributed by atoms with Gasteiger partial charge in [0, 0.05) is 5.41 Å². The van der Waals surface area contributed by atoms with Crippen LogP contribution in [0.2, 0.25) is 0 Å². The lowest BCUT2D eigenvalue weighted by atomic mass is 9.81. The van der Waals surface area contributed by atoms with E-state index >= 15 is 0 Å². The Morgan fingerprint density at radius 2 is 1.69 bits per heavy atom. The molecule has 0 fully saturated rings. The zero-order valence-corrected chi connectivity index (χ0v) is 9.75. The Kier molecular flexibility index (Phi) is 2.88. The Labute approximate surface area is 85.6 Å². The lowest BCUT2D eigenvalue weighted by Gasteiger charge is -2.24. The summed E-state index contributed by atoms with van der Waals surface area (Å²) in [5.41, 5.74) is 5.56.